The van der Waals surface area contributed by atoms with E-state index in [0.29, 0.717) is 11.4 Å². The van der Waals surface area contributed by atoms with E-state index >= 15 is 0 Å². The Labute approximate surface area is 88.0 Å². The Balaban J connectivity index is 2.72. The Morgan fingerprint density at radius 1 is 1.57 bits per heavy atom. The molecule has 14 heavy (non-hydrogen) atoms. The zero-order valence-electron chi connectivity index (χ0n) is 8.08. The summed E-state index contributed by atoms with van der Waals surface area (Å²) in [5.74, 6) is 0.477. The second-order valence-corrected chi connectivity index (χ2v) is 3.49. The zero-order valence-corrected chi connectivity index (χ0v) is 8.84. The van der Waals surface area contributed by atoms with Crippen LogP contribution in [0.2, 0.25) is 0 Å². The normalized spacial score (nSPS) is 11.9. The molecular weight excluding hydrogens is 202 g/mol. The molecule has 76 valence electrons. The Bertz CT molecular complexity index is 326. The molecule has 0 saturated heterocycles. The molecule has 1 atom stereocenters. The van der Waals surface area contributed by atoms with Gasteiger partial charge in [0.25, 0.3) is 0 Å². The molecule has 0 aromatic heterocycles. The van der Waals surface area contributed by atoms with Crippen LogP contribution in [-0.4, -0.2) is 18.4 Å². The summed E-state index contributed by atoms with van der Waals surface area (Å²) in [5.41, 5.74) is 0.682. The summed E-state index contributed by atoms with van der Waals surface area (Å²) in [5, 5.41) is 2.12. The standard InChI is InChI=1S/C10H12ClNO2/c1-7(11)10(13)12-8-4-3-5-9(6-8)14-2/h3-7H,1-2H3,(H,12,13)/t7-/m1/s1. The summed E-state index contributed by atoms with van der Waals surface area (Å²) in [6, 6.07) is 7.12. The monoisotopic (exact) mass is 213 g/mol. The zero-order chi connectivity index (χ0) is 10.6. The van der Waals surface area contributed by atoms with Crippen LogP contribution in [0.3, 0.4) is 0 Å². The summed E-state index contributed by atoms with van der Waals surface area (Å²) in [4.78, 5) is 11.2. The molecular formula is C10H12ClNO2. The number of hydrogen-bond acceptors (Lipinski definition) is 2. The van der Waals surface area contributed by atoms with Crippen LogP contribution in [0.15, 0.2) is 24.3 Å². The highest BCUT2D eigenvalue weighted by molar-refractivity contribution is 6.32. The minimum absolute atomic E-state index is 0.222. The van der Waals surface area contributed by atoms with Crippen molar-refractivity contribution in [1.29, 1.82) is 0 Å². The summed E-state index contributed by atoms with van der Waals surface area (Å²) in [6.07, 6.45) is 0. The van der Waals surface area contributed by atoms with Crippen molar-refractivity contribution in [3.63, 3.8) is 0 Å². The van der Waals surface area contributed by atoms with E-state index in [1.54, 1.807) is 38.3 Å². The molecule has 1 aromatic rings. The quantitative estimate of drug-likeness (QED) is 0.783. The minimum atomic E-state index is -0.541. The van der Waals surface area contributed by atoms with E-state index in [1.165, 1.54) is 0 Å². The SMILES string of the molecule is COc1cccc(NC(=O)[C@@H](C)Cl)c1. The molecule has 1 N–H and O–H groups in total. The second-order valence-electron chi connectivity index (χ2n) is 2.84. The first-order valence-corrected chi connectivity index (χ1v) is 4.66. The molecule has 0 aliphatic rings. The molecule has 1 rings (SSSR count). The fourth-order valence-corrected chi connectivity index (χ4v) is 0.997. The molecule has 1 amide bonds. The van der Waals surface area contributed by atoms with E-state index in [9.17, 15) is 4.79 Å². The number of hydrogen-bond donors (Lipinski definition) is 1. The highest BCUT2D eigenvalue weighted by Gasteiger charge is 2.08. The molecule has 0 saturated carbocycles. The molecule has 0 aliphatic carbocycles. The van der Waals surface area contributed by atoms with Gasteiger partial charge < -0.3 is 10.1 Å². The van der Waals surface area contributed by atoms with E-state index in [2.05, 4.69) is 5.32 Å². The van der Waals surface area contributed by atoms with Gasteiger partial charge in [0.15, 0.2) is 0 Å². The lowest BCUT2D eigenvalue weighted by Crippen LogP contribution is -2.20. The third-order valence-corrected chi connectivity index (χ3v) is 1.90. The summed E-state index contributed by atoms with van der Waals surface area (Å²) < 4.78 is 5.01. The highest BCUT2D eigenvalue weighted by atomic mass is 35.5. The average Bonchev–Trinajstić information content (AvgIpc) is 2.18. The fourth-order valence-electron chi connectivity index (χ4n) is 0.943. The number of amides is 1. The van der Waals surface area contributed by atoms with Gasteiger partial charge in [-0.2, -0.15) is 0 Å². The van der Waals surface area contributed by atoms with Crippen LogP contribution in [0, 0.1) is 0 Å². The molecule has 0 bridgehead atoms. The van der Waals surface area contributed by atoms with Crippen LogP contribution in [0.5, 0.6) is 5.75 Å². The number of ether oxygens (including phenoxy) is 1. The molecule has 1 aromatic carbocycles. The molecule has 0 radical (unpaired) electrons. The van der Waals surface area contributed by atoms with Crippen molar-refractivity contribution in [2.75, 3.05) is 12.4 Å². The number of alkyl halides is 1. The molecule has 4 heteroatoms. The lowest BCUT2D eigenvalue weighted by molar-refractivity contribution is -0.115. The first-order chi connectivity index (χ1) is 6.63. The molecule has 0 aliphatic heterocycles. The Hall–Kier alpha value is -1.22. The maximum Gasteiger partial charge on any atom is 0.242 e. The van der Waals surface area contributed by atoms with Crippen LogP contribution in [0.4, 0.5) is 5.69 Å². The number of nitrogens with one attached hydrogen (secondary N) is 1. The third kappa shape index (κ3) is 2.92. The molecule has 0 spiro atoms. The van der Waals surface area contributed by atoms with Gasteiger partial charge in [-0.15, -0.1) is 11.6 Å². The maximum atomic E-state index is 11.2. The first kappa shape index (κ1) is 10.9. The molecule has 3 nitrogen and oxygen atoms in total. The number of carbonyl (C=O) groups is 1. The van der Waals surface area contributed by atoms with Crippen molar-refractivity contribution >= 4 is 23.2 Å². The predicted molar refractivity (Wildman–Crippen MR) is 56.9 cm³/mol. The van der Waals surface area contributed by atoms with Crippen LogP contribution in [-0.2, 0) is 4.79 Å². The number of carbonyl (C=O) groups excluding carboxylic acids is 1. The van der Waals surface area contributed by atoms with Gasteiger partial charge in [-0.05, 0) is 19.1 Å². The predicted octanol–water partition coefficient (Wildman–Crippen LogP) is 2.26. The van der Waals surface area contributed by atoms with Crippen LogP contribution < -0.4 is 10.1 Å². The van der Waals surface area contributed by atoms with E-state index in [4.69, 9.17) is 16.3 Å². The second kappa shape index (κ2) is 4.86. The lowest BCUT2D eigenvalue weighted by atomic mass is 10.3. The lowest BCUT2D eigenvalue weighted by Gasteiger charge is -2.07. The van der Waals surface area contributed by atoms with Crippen molar-refractivity contribution in [3.05, 3.63) is 24.3 Å². The Kier molecular flexibility index (Phi) is 3.77. The van der Waals surface area contributed by atoms with Gasteiger partial charge in [0.1, 0.15) is 11.1 Å². The summed E-state index contributed by atoms with van der Waals surface area (Å²) in [7, 11) is 1.57. The van der Waals surface area contributed by atoms with Crippen molar-refractivity contribution in [3.8, 4) is 5.75 Å². The molecule has 0 fully saturated rings. The van der Waals surface area contributed by atoms with Crippen LogP contribution in [0.25, 0.3) is 0 Å². The first-order valence-electron chi connectivity index (χ1n) is 4.22. The van der Waals surface area contributed by atoms with E-state index in [1.807, 2.05) is 0 Å². The van der Waals surface area contributed by atoms with Gasteiger partial charge in [0, 0.05) is 11.8 Å². The average molecular weight is 214 g/mol. The number of anilines is 1. The van der Waals surface area contributed by atoms with Crippen molar-refractivity contribution in [2.45, 2.75) is 12.3 Å². The third-order valence-electron chi connectivity index (χ3n) is 1.70. The summed E-state index contributed by atoms with van der Waals surface area (Å²) in [6.45, 7) is 1.62. The minimum Gasteiger partial charge on any atom is -0.497 e. The van der Waals surface area contributed by atoms with E-state index in [-0.39, 0.29) is 5.91 Å². The summed E-state index contributed by atoms with van der Waals surface area (Å²) >= 11 is 5.61. The van der Waals surface area contributed by atoms with Crippen molar-refractivity contribution in [2.24, 2.45) is 0 Å². The van der Waals surface area contributed by atoms with Crippen molar-refractivity contribution in [1.82, 2.24) is 0 Å². The van der Waals surface area contributed by atoms with E-state index < -0.39 is 5.38 Å². The van der Waals surface area contributed by atoms with Gasteiger partial charge in [0.05, 0.1) is 7.11 Å². The topological polar surface area (TPSA) is 38.3 Å². The van der Waals surface area contributed by atoms with Crippen LogP contribution >= 0.6 is 11.6 Å². The van der Waals surface area contributed by atoms with Crippen LogP contribution in [0.1, 0.15) is 6.92 Å². The van der Waals surface area contributed by atoms with Gasteiger partial charge in [-0.3, -0.25) is 4.79 Å². The number of benzene rings is 1. The molecule has 0 unspecified atom stereocenters. The Morgan fingerprint density at radius 2 is 2.29 bits per heavy atom. The largest absolute Gasteiger partial charge is 0.497 e. The number of methoxy groups -OCH3 is 1. The van der Waals surface area contributed by atoms with E-state index in [0.717, 1.165) is 0 Å². The van der Waals surface area contributed by atoms with Gasteiger partial charge >= 0.3 is 0 Å². The van der Waals surface area contributed by atoms with Gasteiger partial charge in [-0.25, -0.2) is 0 Å². The number of rotatable bonds is 3. The smallest absolute Gasteiger partial charge is 0.242 e. The van der Waals surface area contributed by atoms with Gasteiger partial charge in [-0.1, -0.05) is 6.07 Å². The highest BCUT2D eigenvalue weighted by Crippen LogP contribution is 2.17. The molecule has 0 heterocycles. The van der Waals surface area contributed by atoms with Crippen molar-refractivity contribution < 1.29 is 9.53 Å². The Morgan fingerprint density at radius 3 is 2.86 bits per heavy atom. The van der Waals surface area contributed by atoms with Gasteiger partial charge in [0.2, 0.25) is 5.91 Å². The number of halogens is 1. The fraction of sp³-hybridized carbons (Fsp3) is 0.300. The maximum absolute atomic E-state index is 11.2.